The Kier molecular flexibility index (Phi) is 3.68. The van der Waals surface area contributed by atoms with Gasteiger partial charge in [0.05, 0.1) is 11.7 Å². The minimum absolute atomic E-state index is 0.0876. The molecule has 0 saturated heterocycles. The van der Waals surface area contributed by atoms with E-state index in [1.807, 2.05) is 13.8 Å². The molecule has 1 atom stereocenters. The van der Waals surface area contributed by atoms with Gasteiger partial charge in [0.2, 0.25) is 0 Å². The average Bonchev–Trinajstić information content (AvgIpc) is 2.59. The number of halogens is 1. The summed E-state index contributed by atoms with van der Waals surface area (Å²) < 4.78 is 1.72. The summed E-state index contributed by atoms with van der Waals surface area (Å²) in [7, 11) is 0. The topological polar surface area (TPSA) is 34.9 Å². The molecule has 2 rings (SSSR count). The highest BCUT2D eigenvalue weighted by molar-refractivity contribution is 9.09. The third kappa shape index (κ3) is 2.31. The van der Waals surface area contributed by atoms with Gasteiger partial charge in [-0.25, -0.2) is 4.98 Å². The molecule has 1 unspecified atom stereocenters. The predicted molar refractivity (Wildman–Crippen MR) is 76.3 cm³/mol. The number of aromatic nitrogens is 2. The molecule has 2 aromatic rings. The maximum Gasteiger partial charge on any atom is 0.262 e. The van der Waals surface area contributed by atoms with Gasteiger partial charge in [0, 0.05) is 16.8 Å². The molecule has 0 radical (unpaired) electrons. The fourth-order valence-electron chi connectivity index (χ4n) is 1.78. The Morgan fingerprint density at radius 1 is 1.53 bits per heavy atom. The smallest absolute Gasteiger partial charge is 0.262 e. The molecule has 0 saturated carbocycles. The molecule has 0 aliphatic rings. The largest absolute Gasteiger partial charge is 0.298 e. The van der Waals surface area contributed by atoms with Crippen LogP contribution in [0.3, 0.4) is 0 Å². The summed E-state index contributed by atoms with van der Waals surface area (Å²) in [6, 6.07) is 0. The third-order valence-electron chi connectivity index (χ3n) is 2.93. The molecule has 0 amide bonds. The van der Waals surface area contributed by atoms with Crippen molar-refractivity contribution in [1.82, 2.24) is 9.55 Å². The van der Waals surface area contributed by atoms with E-state index in [2.05, 4.69) is 27.8 Å². The van der Waals surface area contributed by atoms with Crippen LogP contribution in [0.2, 0.25) is 0 Å². The number of aryl methyl sites for hydroxylation is 2. The summed E-state index contributed by atoms with van der Waals surface area (Å²) >= 11 is 5.02. The van der Waals surface area contributed by atoms with Gasteiger partial charge in [-0.3, -0.25) is 9.36 Å². The quantitative estimate of drug-likeness (QED) is 0.816. The van der Waals surface area contributed by atoms with E-state index in [9.17, 15) is 4.79 Å². The summed E-state index contributed by atoms with van der Waals surface area (Å²) in [4.78, 5) is 18.7. The first-order valence-electron chi connectivity index (χ1n) is 5.55. The monoisotopic (exact) mass is 314 g/mol. The van der Waals surface area contributed by atoms with Crippen LogP contribution in [0.15, 0.2) is 11.1 Å². The molecule has 0 aliphatic carbocycles. The Morgan fingerprint density at radius 3 is 2.88 bits per heavy atom. The van der Waals surface area contributed by atoms with E-state index < -0.39 is 0 Å². The second-order valence-corrected chi connectivity index (χ2v) is 6.28. The molecule has 0 aromatic carbocycles. The molecule has 17 heavy (non-hydrogen) atoms. The van der Waals surface area contributed by atoms with Crippen molar-refractivity contribution < 1.29 is 0 Å². The molecule has 2 aromatic heterocycles. The summed E-state index contributed by atoms with van der Waals surface area (Å²) in [5.74, 6) is 0.423. The SMILES string of the molecule is Cc1sc2ncn(CC(C)CBr)c(=O)c2c1C. The average molecular weight is 315 g/mol. The minimum Gasteiger partial charge on any atom is -0.298 e. The zero-order valence-electron chi connectivity index (χ0n) is 10.2. The van der Waals surface area contributed by atoms with Crippen LogP contribution in [0, 0.1) is 19.8 Å². The van der Waals surface area contributed by atoms with Crippen LogP contribution in [0.4, 0.5) is 0 Å². The van der Waals surface area contributed by atoms with Gasteiger partial charge in [0.1, 0.15) is 4.83 Å². The lowest BCUT2D eigenvalue weighted by Crippen LogP contribution is -2.24. The normalized spacial score (nSPS) is 13.2. The second kappa shape index (κ2) is 4.90. The Hall–Kier alpha value is -0.680. The van der Waals surface area contributed by atoms with Crippen molar-refractivity contribution in [2.75, 3.05) is 5.33 Å². The fourth-order valence-corrected chi connectivity index (χ4v) is 2.98. The molecule has 5 heteroatoms. The number of hydrogen-bond donors (Lipinski definition) is 0. The van der Waals surface area contributed by atoms with Crippen molar-refractivity contribution in [1.29, 1.82) is 0 Å². The van der Waals surface area contributed by atoms with E-state index in [4.69, 9.17) is 0 Å². The Balaban J connectivity index is 2.57. The molecule has 0 aliphatic heterocycles. The van der Waals surface area contributed by atoms with Crippen LogP contribution in [-0.2, 0) is 6.54 Å². The van der Waals surface area contributed by atoms with Gasteiger partial charge in [0.15, 0.2) is 0 Å². The Morgan fingerprint density at radius 2 is 2.24 bits per heavy atom. The molecule has 3 nitrogen and oxygen atoms in total. The van der Waals surface area contributed by atoms with Crippen molar-refractivity contribution in [3.05, 3.63) is 27.1 Å². The fraction of sp³-hybridized carbons (Fsp3) is 0.500. The molecule has 0 fully saturated rings. The van der Waals surface area contributed by atoms with Crippen LogP contribution in [0.25, 0.3) is 10.2 Å². The lowest BCUT2D eigenvalue weighted by Gasteiger charge is -2.09. The maximum atomic E-state index is 12.3. The lowest BCUT2D eigenvalue weighted by atomic mass is 10.2. The molecular weight excluding hydrogens is 300 g/mol. The van der Waals surface area contributed by atoms with E-state index in [0.717, 1.165) is 21.1 Å². The van der Waals surface area contributed by atoms with E-state index >= 15 is 0 Å². The highest BCUT2D eigenvalue weighted by Crippen LogP contribution is 2.25. The van der Waals surface area contributed by atoms with Crippen molar-refractivity contribution in [2.45, 2.75) is 27.3 Å². The van der Waals surface area contributed by atoms with E-state index in [-0.39, 0.29) is 5.56 Å². The first kappa shape index (κ1) is 12.8. The van der Waals surface area contributed by atoms with Crippen molar-refractivity contribution in [3.8, 4) is 0 Å². The van der Waals surface area contributed by atoms with Crippen molar-refractivity contribution in [3.63, 3.8) is 0 Å². The number of rotatable bonds is 3. The number of alkyl halides is 1. The van der Waals surface area contributed by atoms with Gasteiger partial charge >= 0.3 is 0 Å². The summed E-state index contributed by atoms with van der Waals surface area (Å²) in [6.45, 7) is 6.85. The first-order chi connectivity index (χ1) is 8.04. The van der Waals surface area contributed by atoms with Gasteiger partial charge < -0.3 is 0 Å². The van der Waals surface area contributed by atoms with Crippen molar-refractivity contribution >= 4 is 37.5 Å². The molecule has 0 N–H and O–H groups in total. The van der Waals surface area contributed by atoms with Gasteiger partial charge in [-0.15, -0.1) is 11.3 Å². The summed E-state index contributed by atoms with van der Waals surface area (Å²) in [6.07, 6.45) is 1.67. The van der Waals surface area contributed by atoms with Crippen LogP contribution < -0.4 is 5.56 Å². The van der Waals surface area contributed by atoms with Crippen molar-refractivity contribution in [2.24, 2.45) is 5.92 Å². The predicted octanol–water partition coefficient (Wildman–Crippen LogP) is 3.11. The first-order valence-corrected chi connectivity index (χ1v) is 7.49. The zero-order chi connectivity index (χ0) is 12.6. The molecule has 0 spiro atoms. The second-order valence-electron chi connectivity index (χ2n) is 4.42. The number of nitrogens with zero attached hydrogens (tertiary/aromatic N) is 2. The van der Waals surface area contributed by atoms with Gasteiger partial charge in [-0.2, -0.15) is 0 Å². The molecule has 0 bridgehead atoms. The zero-order valence-corrected chi connectivity index (χ0v) is 12.6. The van der Waals surface area contributed by atoms with Crippen LogP contribution in [-0.4, -0.2) is 14.9 Å². The number of hydrogen-bond acceptors (Lipinski definition) is 3. The van der Waals surface area contributed by atoms with E-state index in [1.165, 1.54) is 4.88 Å². The highest BCUT2D eigenvalue weighted by Gasteiger charge is 2.12. The third-order valence-corrected chi connectivity index (χ3v) is 5.15. The van der Waals surface area contributed by atoms with Gasteiger partial charge in [-0.05, 0) is 25.3 Å². The summed E-state index contributed by atoms with van der Waals surface area (Å²) in [5.41, 5.74) is 1.16. The molecule has 2 heterocycles. The molecule has 92 valence electrons. The minimum atomic E-state index is 0.0876. The van der Waals surface area contributed by atoms with Crippen LogP contribution in [0.1, 0.15) is 17.4 Å². The Bertz CT molecular complexity index is 602. The van der Waals surface area contributed by atoms with Gasteiger partial charge in [-0.1, -0.05) is 22.9 Å². The lowest BCUT2D eigenvalue weighted by molar-refractivity contribution is 0.518. The van der Waals surface area contributed by atoms with Gasteiger partial charge in [0.25, 0.3) is 5.56 Å². The van der Waals surface area contributed by atoms with E-state index in [0.29, 0.717) is 12.5 Å². The van der Waals surface area contributed by atoms with E-state index in [1.54, 1.807) is 22.2 Å². The van der Waals surface area contributed by atoms with Crippen LogP contribution in [0.5, 0.6) is 0 Å². The van der Waals surface area contributed by atoms with Crippen LogP contribution >= 0.6 is 27.3 Å². The molecular formula is C12H15BrN2OS. The summed E-state index contributed by atoms with van der Waals surface area (Å²) in [5, 5.41) is 1.68. The standard InChI is InChI=1S/C12H15BrN2OS/c1-7(4-13)5-15-6-14-11-10(12(15)16)8(2)9(3)17-11/h6-7H,4-5H2,1-3H3. The number of fused-ring (bicyclic) bond motifs is 1. The number of thiophene rings is 1. The highest BCUT2D eigenvalue weighted by atomic mass is 79.9. The Labute approximate surface area is 113 Å². The maximum absolute atomic E-state index is 12.3.